The Hall–Kier alpha value is -2.13. The van der Waals surface area contributed by atoms with Crippen molar-refractivity contribution in [2.24, 2.45) is 0 Å². The van der Waals surface area contributed by atoms with Gasteiger partial charge in [0.25, 0.3) is 0 Å². The molecule has 6 heteroatoms. The molecule has 0 radical (unpaired) electrons. The van der Waals surface area contributed by atoms with Gasteiger partial charge in [-0.05, 0) is 25.5 Å². The van der Waals surface area contributed by atoms with Gasteiger partial charge in [-0.1, -0.05) is 6.07 Å². The van der Waals surface area contributed by atoms with Gasteiger partial charge in [0.2, 0.25) is 0 Å². The third-order valence-corrected chi connectivity index (χ3v) is 3.07. The minimum atomic E-state index is -0.447. The maximum absolute atomic E-state index is 11.0. The fourth-order valence-corrected chi connectivity index (χ4v) is 1.92. The third kappa shape index (κ3) is 4.21. The Labute approximate surface area is 118 Å². The zero-order valence-corrected chi connectivity index (χ0v) is 12.0. The maximum Gasteiger partial charge on any atom is 0.311 e. The molecule has 20 heavy (non-hydrogen) atoms. The lowest BCUT2D eigenvalue weighted by atomic mass is 10.1. The smallest absolute Gasteiger partial charge is 0.311 e. The second-order valence-corrected chi connectivity index (χ2v) is 4.74. The van der Waals surface area contributed by atoms with Crippen LogP contribution in [0.4, 0.5) is 5.69 Å². The molecular weight excluding hydrogens is 258 g/mol. The van der Waals surface area contributed by atoms with Crippen LogP contribution in [0.15, 0.2) is 18.2 Å². The summed E-state index contributed by atoms with van der Waals surface area (Å²) in [5.41, 5.74) is 0.804. The van der Waals surface area contributed by atoms with E-state index in [0.29, 0.717) is 19.5 Å². The molecule has 0 heterocycles. The molecule has 0 amide bonds. The Kier molecular flexibility index (Phi) is 5.94. The molecule has 1 rings (SSSR count). The van der Waals surface area contributed by atoms with Gasteiger partial charge in [0.15, 0.2) is 5.75 Å². The van der Waals surface area contributed by atoms with Gasteiger partial charge in [0.05, 0.1) is 18.1 Å². The molecule has 0 aliphatic heterocycles. The van der Waals surface area contributed by atoms with E-state index in [4.69, 9.17) is 10.00 Å². The Bertz CT molecular complexity index is 509. The van der Waals surface area contributed by atoms with Gasteiger partial charge in [-0.2, -0.15) is 5.26 Å². The van der Waals surface area contributed by atoms with Crippen molar-refractivity contribution in [2.45, 2.75) is 32.9 Å². The van der Waals surface area contributed by atoms with E-state index in [1.807, 2.05) is 19.9 Å². The van der Waals surface area contributed by atoms with Crippen LogP contribution in [0.3, 0.4) is 0 Å². The topological polar surface area (TPSA) is 79.4 Å². The predicted molar refractivity (Wildman–Crippen MR) is 75.4 cm³/mol. The van der Waals surface area contributed by atoms with Crippen LogP contribution in [0, 0.1) is 21.4 Å². The number of rotatable bonds is 7. The SMILES string of the molecule is COc1ccc(CN(CCC#N)C(C)C)cc1[N+](=O)[O-]. The van der Waals surface area contributed by atoms with E-state index in [-0.39, 0.29) is 17.5 Å². The Morgan fingerprint density at radius 3 is 2.70 bits per heavy atom. The van der Waals surface area contributed by atoms with Crippen molar-refractivity contribution in [3.05, 3.63) is 33.9 Å². The number of ether oxygens (including phenoxy) is 1. The maximum atomic E-state index is 11.0. The second kappa shape index (κ2) is 7.46. The molecule has 0 aliphatic carbocycles. The van der Waals surface area contributed by atoms with Crippen LogP contribution >= 0.6 is 0 Å². The van der Waals surface area contributed by atoms with Crippen molar-refractivity contribution in [3.63, 3.8) is 0 Å². The molecule has 0 aliphatic rings. The number of methoxy groups -OCH3 is 1. The molecule has 0 bridgehead atoms. The molecule has 0 saturated carbocycles. The standard InChI is InChI=1S/C14H19N3O3/c1-11(2)16(8-4-7-15)10-12-5-6-14(20-3)13(9-12)17(18)19/h5-6,9,11H,4,8,10H2,1-3H3. The average Bonchev–Trinajstić information content (AvgIpc) is 2.42. The van der Waals surface area contributed by atoms with Crippen LogP contribution in [-0.4, -0.2) is 29.5 Å². The summed E-state index contributed by atoms with van der Waals surface area (Å²) in [4.78, 5) is 12.7. The minimum absolute atomic E-state index is 0.0333. The lowest BCUT2D eigenvalue weighted by Crippen LogP contribution is -2.31. The first kappa shape index (κ1) is 15.9. The highest BCUT2D eigenvalue weighted by Crippen LogP contribution is 2.28. The average molecular weight is 277 g/mol. The van der Waals surface area contributed by atoms with Gasteiger partial charge in [0, 0.05) is 31.6 Å². The fraction of sp³-hybridized carbons (Fsp3) is 0.500. The number of nitriles is 1. The van der Waals surface area contributed by atoms with Crippen LogP contribution < -0.4 is 4.74 Å². The Morgan fingerprint density at radius 1 is 1.50 bits per heavy atom. The summed E-state index contributed by atoms with van der Waals surface area (Å²) >= 11 is 0. The first-order chi connectivity index (χ1) is 9.49. The quantitative estimate of drug-likeness (QED) is 0.565. The van der Waals surface area contributed by atoms with Crippen molar-refractivity contribution in [1.29, 1.82) is 5.26 Å². The van der Waals surface area contributed by atoms with Crippen LogP contribution in [0.1, 0.15) is 25.8 Å². The molecule has 0 spiro atoms. The largest absolute Gasteiger partial charge is 0.490 e. The van der Waals surface area contributed by atoms with E-state index in [1.54, 1.807) is 6.07 Å². The van der Waals surface area contributed by atoms with E-state index in [1.165, 1.54) is 13.2 Å². The molecule has 1 aromatic carbocycles. The molecule has 108 valence electrons. The molecule has 0 aromatic heterocycles. The Balaban J connectivity index is 2.93. The van der Waals surface area contributed by atoms with Gasteiger partial charge in [-0.25, -0.2) is 0 Å². The van der Waals surface area contributed by atoms with E-state index < -0.39 is 4.92 Å². The second-order valence-electron chi connectivity index (χ2n) is 4.74. The van der Waals surface area contributed by atoms with Crippen molar-refractivity contribution in [1.82, 2.24) is 4.90 Å². The molecule has 0 saturated heterocycles. The number of benzene rings is 1. The van der Waals surface area contributed by atoms with Crippen LogP contribution in [0.2, 0.25) is 0 Å². The van der Waals surface area contributed by atoms with Crippen molar-refractivity contribution in [2.75, 3.05) is 13.7 Å². The van der Waals surface area contributed by atoms with Crippen molar-refractivity contribution >= 4 is 5.69 Å². The van der Waals surface area contributed by atoms with Gasteiger partial charge in [-0.15, -0.1) is 0 Å². The summed E-state index contributed by atoms with van der Waals surface area (Å²) < 4.78 is 4.98. The first-order valence-electron chi connectivity index (χ1n) is 6.42. The molecule has 0 fully saturated rings. The van der Waals surface area contributed by atoms with Gasteiger partial charge < -0.3 is 4.74 Å². The van der Waals surface area contributed by atoms with Gasteiger partial charge >= 0.3 is 5.69 Å². The fourth-order valence-electron chi connectivity index (χ4n) is 1.92. The normalized spacial score (nSPS) is 10.6. The molecule has 1 aromatic rings. The van der Waals surface area contributed by atoms with E-state index in [0.717, 1.165) is 5.56 Å². The molecule has 0 unspecified atom stereocenters. The van der Waals surface area contributed by atoms with Crippen LogP contribution in [-0.2, 0) is 6.54 Å². The summed E-state index contributed by atoms with van der Waals surface area (Å²) in [6, 6.07) is 7.33. The number of nitro benzene ring substituents is 1. The number of hydrogen-bond donors (Lipinski definition) is 0. The summed E-state index contributed by atoms with van der Waals surface area (Å²) in [6.45, 7) is 5.29. The summed E-state index contributed by atoms with van der Waals surface area (Å²) in [6.07, 6.45) is 0.441. The molecule has 0 N–H and O–H groups in total. The third-order valence-electron chi connectivity index (χ3n) is 3.07. The number of nitrogens with zero attached hydrogens (tertiary/aromatic N) is 3. The highest BCUT2D eigenvalue weighted by atomic mass is 16.6. The van der Waals surface area contributed by atoms with Crippen LogP contribution in [0.5, 0.6) is 5.75 Å². The number of nitro groups is 1. The van der Waals surface area contributed by atoms with Crippen molar-refractivity contribution < 1.29 is 9.66 Å². The van der Waals surface area contributed by atoms with E-state index >= 15 is 0 Å². The minimum Gasteiger partial charge on any atom is -0.490 e. The van der Waals surface area contributed by atoms with Gasteiger partial charge in [-0.3, -0.25) is 15.0 Å². The Morgan fingerprint density at radius 2 is 2.20 bits per heavy atom. The lowest BCUT2D eigenvalue weighted by Gasteiger charge is -2.25. The van der Waals surface area contributed by atoms with Crippen molar-refractivity contribution in [3.8, 4) is 11.8 Å². The van der Waals surface area contributed by atoms with E-state index in [2.05, 4.69) is 11.0 Å². The summed E-state index contributed by atoms with van der Waals surface area (Å²) in [7, 11) is 1.41. The summed E-state index contributed by atoms with van der Waals surface area (Å²) in [5.74, 6) is 0.256. The molecular formula is C14H19N3O3. The first-order valence-corrected chi connectivity index (χ1v) is 6.42. The molecule has 0 atom stereocenters. The molecule has 6 nitrogen and oxygen atoms in total. The lowest BCUT2D eigenvalue weighted by molar-refractivity contribution is -0.385. The van der Waals surface area contributed by atoms with Crippen LogP contribution in [0.25, 0.3) is 0 Å². The monoisotopic (exact) mass is 277 g/mol. The zero-order chi connectivity index (χ0) is 15.1. The van der Waals surface area contributed by atoms with Gasteiger partial charge in [0.1, 0.15) is 0 Å². The van der Waals surface area contributed by atoms with E-state index in [9.17, 15) is 10.1 Å². The number of hydrogen-bond acceptors (Lipinski definition) is 5. The highest BCUT2D eigenvalue weighted by molar-refractivity contribution is 5.48. The summed E-state index contributed by atoms with van der Waals surface area (Å²) in [5, 5.41) is 19.7. The predicted octanol–water partition coefficient (Wildman–Crippen LogP) is 2.73. The highest BCUT2D eigenvalue weighted by Gasteiger charge is 2.17. The zero-order valence-electron chi connectivity index (χ0n) is 12.0.